The summed E-state index contributed by atoms with van der Waals surface area (Å²) in [5, 5.41) is 18.3. The van der Waals surface area contributed by atoms with Gasteiger partial charge in [-0.25, -0.2) is 0 Å². The molecule has 1 aliphatic rings. The minimum Gasteiger partial charge on any atom is -0.489 e. The van der Waals surface area contributed by atoms with Crippen molar-refractivity contribution in [3.8, 4) is 11.8 Å². The number of nitrogens with zero attached hydrogens (tertiary/aromatic N) is 2. The second-order valence-corrected chi connectivity index (χ2v) is 5.38. The summed E-state index contributed by atoms with van der Waals surface area (Å²) in [6.45, 7) is -0.143. The molecule has 0 aliphatic carbocycles. The predicted molar refractivity (Wildman–Crippen MR) is 84.2 cm³/mol. The Morgan fingerprint density at radius 3 is 2.67 bits per heavy atom. The number of benzene rings is 2. The first kappa shape index (κ1) is 15.6. The molecule has 0 spiro atoms. The summed E-state index contributed by atoms with van der Waals surface area (Å²) in [5.41, 5.74) is 1.82. The van der Waals surface area contributed by atoms with E-state index < -0.39 is 24.5 Å². The molecule has 3 rings (SSSR count). The van der Waals surface area contributed by atoms with Gasteiger partial charge in [0.05, 0.1) is 6.07 Å². The van der Waals surface area contributed by atoms with Crippen molar-refractivity contribution in [1.82, 2.24) is 4.90 Å². The van der Waals surface area contributed by atoms with Crippen LogP contribution in [0, 0.1) is 11.3 Å². The molecule has 1 N–H and O–H groups in total. The van der Waals surface area contributed by atoms with Crippen LogP contribution < -0.4 is 4.74 Å². The SMILES string of the molecule is N#CC1c2cc(OCc3ccccc3)ccc2C(=O)N1CC(=O)O. The molecule has 24 heavy (non-hydrogen) atoms. The minimum atomic E-state index is -1.16. The Balaban J connectivity index is 1.83. The fourth-order valence-electron chi connectivity index (χ4n) is 2.68. The van der Waals surface area contributed by atoms with Crippen LogP contribution in [0.15, 0.2) is 48.5 Å². The molecule has 2 aromatic carbocycles. The lowest BCUT2D eigenvalue weighted by molar-refractivity contribution is -0.137. The standard InChI is InChI=1S/C18H14N2O4/c19-9-16-15-8-13(24-11-12-4-2-1-3-5-12)6-7-14(15)18(23)20(16)10-17(21)22/h1-8,16H,10-11H2,(H,21,22). The van der Waals surface area contributed by atoms with Gasteiger partial charge in [0.15, 0.2) is 0 Å². The summed E-state index contributed by atoms with van der Waals surface area (Å²) in [5.74, 6) is -1.08. The third-order valence-electron chi connectivity index (χ3n) is 3.80. The second kappa shape index (κ2) is 6.42. The molecule has 6 heteroatoms. The second-order valence-electron chi connectivity index (χ2n) is 5.38. The molecule has 0 bridgehead atoms. The maximum absolute atomic E-state index is 12.3. The normalized spacial score (nSPS) is 15.7. The van der Waals surface area contributed by atoms with E-state index in [-0.39, 0.29) is 0 Å². The fraction of sp³-hybridized carbons (Fsp3) is 0.167. The molecular weight excluding hydrogens is 308 g/mol. The predicted octanol–water partition coefficient (Wildman–Crippen LogP) is 2.37. The van der Waals surface area contributed by atoms with Crippen LogP contribution in [0.5, 0.6) is 5.75 Å². The van der Waals surface area contributed by atoms with Gasteiger partial charge in [-0.3, -0.25) is 9.59 Å². The number of rotatable bonds is 5. The molecule has 1 atom stereocenters. The molecule has 2 aromatic rings. The first-order valence-electron chi connectivity index (χ1n) is 7.33. The van der Waals surface area contributed by atoms with E-state index in [2.05, 4.69) is 0 Å². The minimum absolute atomic E-state index is 0.342. The van der Waals surface area contributed by atoms with E-state index in [0.717, 1.165) is 10.5 Å². The number of fused-ring (bicyclic) bond motifs is 1. The number of amides is 1. The van der Waals surface area contributed by atoms with Gasteiger partial charge in [-0.15, -0.1) is 0 Å². The highest BCUT2D eigenvalue weighted by atomic mass is 16.5. The number of carboxylic acid groups (broad SMARTS) is 1. The average molecular weight is 322 g/mol. The van der Waals surface area contributed by atoms with Gasteiger partial charge >= 0.3 is 5.97 Å². The zero-order valence-corrected chi connectivity index (χ0v) is 12.7. The maximum atomic E-state index is 12.3. The number of carbonyl (C=O) groups excluding carboxylic acids is 1. The van der Waals surface area contributed by atoms with Crippen molar-refractivity contribution in [2.75, 3.05) is 6.54 Å². The van der Waals surface area contributed by atoms with Gasteiger partial charge in [-0.05, 0) is 23.8 Å². The lowest BCUT2D eigenvalue weighted by Crippen LogP contribution is -2.32. The monoisotopic (exact) mass is 322 g/mol. The van der Waals surface area contributed by atoms with Crippen LogP contribution >= 0.6 is 0 Å². The number of ether oxygens (including phenoxy) is 1. The van der Waals surface area contributed by atoms with Gasteiger partial charge in [0.1, 0.15) is 24.9 Å². The quantitative estimate of drug-likeness (QED) is 0.912. The first-order valence-corrected chi connectivity index (χ1v) is 7.33. The molecule has 1 aliphatic heterocycles. The van der Waals surface area contributed by atoms with Gasteiger partial charge in [0, 0.05) is 11.1 Å². The summed E-state index contributed by atoms with van der Waals surface area (Å²) in [6.07, 6.45) is 0. The number of carboxylic acids is 1. The lowest BCUT2D eigenvalue weighted by atomic mass is 10.1. The van der Waals surface area contributed by atoms with Crippen LogP contribution in [-0.4, -0.2) is 28.4 Å². The number of hydrogen-bond donors (Lipinski definition) is 1. The van der Waals surface area contributed by atoms with Gasteiger partial charge in [0.25, 0.3) is 5.91 Å². The molecule has 0 aromatic heterocycles. The van der Waals surface area contributed by atoms with E-state index in [0.29, 0.717) is 23.5 Å². The van der Waals surface area contributed by atoms with Crippen LogP contribution in [0.4, 0.5) is 0 Å². The number of nitriles is 1. The van der Waals surface area contributed by atoms with Crippen molar-refractivity contribution >= 4 is 11.9 Å². The zero-order chi connectivity index (χ0) is 17.1. The third-order valence-corrected chi connectivity index (χ3v) is 3.80. The van der Waals surface area contributed by atoms with Crippen molar-refractivity contribution < 1.29 is 19.4 Å². The highest BCUT2D eigenvalue weighted by Gasteiger charge is 2.38. The lowest BCUT2D eigenvalue weighted by Gasteiger charge is -2.17. The molecule has 1 unspecified atom stereocenters. The van der Waals surface area contributed by atoms with Crippen molar-refractivity contribution in [1.29, 1.82) is 5.26 Å². The number of carbonyl (C=O) groups is 2. The Bertz CT molecular complexity index is 827. The molecule has 0 radical (unpaired) electrons. The first-order chi connectivity index (χ1) is 11.6. The number of hydrogen-bond acceptors (Lipinski definition) is 4. The van der Waals surface area contributed by atoms with E-state index in [1.54, 1.807) is 18.2 Å². The van der Waals surface area contributed by atoms with Gasteiger partial charge < -0.3 is 14.7 Å². The Kier molecular flexibility index (Phi) is 4.17. The summed E-state index contributed by atoms with van der Waals surface area (Å²) >= 11 is 0. The Hall–Kier alpha value is -3.33. The molecule has 120 valence electrons. The Morgan fingerprint density at radius 2 is 2.00 bits per heavy atom. The van der Waals surface area contributed by atoms with Gasteiger partial charge in [-0.1, -0.05) is 30.3 Å². The molecule has 1 heterocycles. The summed E-state index contributed by atoms with van der Waals surface area (Å²) in [7, 11) is 0. The smallest absolute Gasteiger partial charge is 0.323 e. The highest BCUT2D eigenvalue weighted by molar-refractivity contribution is 6.01. The highest BCUT2D eigenvalue weighted by Crippen LogP contribution is 2.35. The molecule has 1 amide bonds. The van der Waals surface area contributed by atoms with Crippen LogP contribution in [0.2, 0.25) is 0 Å². The van der Waals surface area contributed by atoms with E-state index >= 15 is 0 Å². The van der Waals surface area contributed by atoms with E-state index in [1.165, 1.54) is 0 Å². The van der Waals surface area contributed by atoms with Crippen LogP contribution in [-0.2, 0) is 11.4 Å². The summed E-state index contributed by atoms with van der Waals surface area (Å²) in [6, 6.07) is 15.5. The molecular formula is C18H14N2O4. The van der Waals surface area contributed by atoms with Crippen molar-refractivity contribution in [3.63, 3.8) is 0 Å². The van der Waals surface area contributed by atoms with E-state index in [4.69, 9.17) is 9.84 Å². The Morgan fingerprint density at radius 1 is 1.25 bits per heavy atom. The van der Waals surface area contributed by atoms with Crippen LogP contribution in [0.1, 0.15) is 27.5 Å². The Labute approximate surface area is 138 Å². The topological polar surface area (TPSA) is 90.6 Å². The van der Waals surface area contributed by atoms with Gasteiger partial charge in [-0.2, -0.15) is 5.26 Å². The molecule has 0 fully saturated rings. The maximum Gasteiger partial charge on any atom is 0.323 e. The van der Waals surface area contributed by atoms with Crippen molar-refractivity contribution in [3.05, 3.63) is 65.2 Å². The van der Waals surface area contributed by atoms with Crippen LogP contribution in [0.25, 0.3) is 0 Å². The van der Waals surface area contributed by atoms with Crippen molar-refractivity contribution in [2.45, 2.75) is 12.6 Å². The third kappa shape index (κ3) is 2.92. The number of aliphatic carboxylic acids is 1. The average Bonchev–Trinajstić information content (AvgIpc) is 2.84. The molecule has 0 saturated heterocycles. The molecule has 6 nitrogen and oxygen atoms in total. The summed E-state index contributed by atoms with van der Waals surface area (Å²) < 4.78 is 5.71. The largest absolute Gasteiger partial charge is 0.489 e. The molecule has 0 saturated carbocycles. The zero-order valence-electron chi connectivity index (χ0n) is 12.7. The van der Waals surface area contributed by atoms with Crippen LogP contribution in [0.3, 0.4) is 0 Å². The van der Waals surface area contributed by atoms with E-state index in [1.807, 2.05) is 36.4 Å². The summed E-state index contributed by atoms with van der Waals surface area (Å²) in [4.78, 5) is 24.2. The van der Waals surface area contributed by atoms with Gasteiger partial charge in [0.2, 0.25) is 0 Å². The fourth-order valence-corrected chi connectivity index (χ4v) is 2.68. The van der Waals surface area contributed by atoms with Crippen molar-refractivity contribution in [2.24, 2.45) is 0 Å². The van der Waals surface area contributed by atoms with E-state index in [9.17, 15) is 14.9 Å².